The van der Waals surface area contributed by atoms with E-state index in [4.69, 9.17) is 13.9 Å². The lowest BCUT2D eigenvalue weighted by atomic mass is 9.68. The average Bonchev–Trinajstić information content (AvgIpc) is 3.15. The van der Waals surface area contributed by atoms with Crippen molar-refractivity contribution in [3.05, 3.63) is 80.6 Å². The fourth-order valence-corrected chi connectivity index (χ4v) is 6.63. The number of nitrogens with zero attached hydrogens (tertiary/aromatic N) is 1. The van der Waals surface area contributed by atoms with Crippen molar-refractivity contribution >= 4 is 22.7 Å². The first-order valence-electron chi connectivity index (χ1n) is 11.9. The third-order valence-electron chi connectivity index (χ3n) is 7.43. The van der Waals surface area contributed by atoms with Gasteiger partial charge in [0.2, 0.25) is 0 Å². The first-order chi connectivity index (χ1) is 17.5. The summed E-state index contributed by atoms with van der Waals surface area (Å²) < 4.78 is 18.1. The van der Waals surface area contributed by atoms with Crippen LogP contribution < -0.4 is 20.7 Å². The average molecular weight is 504 g/mol. The van der Waals surface area contributed by atoms with Crippen molar-refractivity contribution in [2.24, 2.45) is 0 Å². The van der Waals surface area contributed by atoms with Gasteiger partial charge in [0.05, 0.1) is 19.9 Å². The number of hydrogen-bond acceptors (Lipinski definition) is 7. The topological polar surface area (TPSA) is 90.9 Å². The summed E-state index contributed by atoms with van der Waals surface area (Å²) in [7, 11) is 3.19. The SMILES string of the molecule is COc1cccc(Sc2c(O)c3c(=O)n4c(cc3oc2=O)C2(CCCCC2)c2cc(OC)ccc2-4)c1. The van der Waals surface area contributed by atoms with Gasteiger partial charge in [-0.05, 0) is 54.8 Å². The van der Waals surface area contributed by atoms with Crippen LogP contribution in [-0.4, -0.2) is 23.9 Å². The van der Waals surface area contributed by atoms with Crippen LogP contribution in [0, 0.1) is 0 Å². The van der Waals surface area contributed by atoms with Crippen LogP contribution in [0.25, 0.3) is 16.7 Å². The number of fused-ring (bicyclic) bond motifs is 6. The fraction of sp³-hybridized carbons (Fsp3) is 0.286. The highest BCUT2D eigenvalue weighted by atomic mass is 32.2. The van der Waals surface area contributed by atoms with Gasteiger partial charge in [-0.3, -0.25) is 9.36 Å². The molecule has 1 saturated carbocycles. The number of ether oxygens (including phenoxy) is 2. The maximum atomic E-state index is 14.0. The number of hydrogen-bond donors (Lipinski definition) is 1. The minimum Gasteiger partial charge on any atom is -0.505 e. The van der Waals surface area contributed by atoms with Gasteiger partial charge in [-0.25, -0.2) is 4.79 Å². The van der Waals surface area contributed by atoms with Gasteiger partial charge in [-0.2, -0.15) is 0 Å². The zero-order valence-electron chi connectivity index (χ0n) is 20.0. The van der Waals surface area contributed by atoms with Gasteiger partial charge in [0.15, 0.2) is 5.75 Å². The van der Waals surface area contributed by atoms with Gasteiger partial charge in [-0.15, -0.1) is 0 Å². The van der Waals surface area contributed by atoms with Crippen molar-refractivity contribution in [2.45, 2.75) is 47.3 Å². The molecule has 8 heteroatoms. The normalized spacial score (nSPS) is 15.6. The zero-order valence-corrected chi connectivity index (χ0v) is 20.8. The number of rotatable bonds is 4. The molecule has 1 fully saturated rings. The summed E-state index contributed by atoms with van der Waals surface area (Å²) in [5, 5.41) is 11.2. The van der Waals surface area contributed by atoms with Gasteiger partial charge >= 0.3 is 5.63 Å². The predicted octanol–water partition coefficient (Wildman–Crippen LogP) is 5.38. The number of pyridine rings is 1. The summed E-state index contributed by atoms with van der Waals surface area (Å²) >= 11 is 1.04. The quantitative estimate of drug-likeness (QED) is 0.400. The van der Waals surface area contributed by atoms with E-state index in [0.29, 0.717) is 10.6 Å². The van der Waals surface area contributed by atoms with E-state index in [2.05, 4.69) is 0 Å². The summed E-state index contributed by atoms with van der Waals surface area (Å²) in [6.45, 7) is 0. The molecule has 4 aromatic rings. The van der Waals surface area contributed by atoms with Crippen LogP contribution in [-0.2, 0) is 5.41 Å². The molecule has 2 aromatic carbocycles. The molecule has 1 N–H and O–H groups in total. The van der Waals surface area contributed by atoms with E-state index >= 15 is 0 Å². The summed E-state index contributed by atoms with van der Waals surface area (Å²) in [4.78, 5) is 27.6. The van der Waals surface area contributed by atoms with E-state index < -0.39 is 11.2 Å². The molecule has 0 bridgehead atoms. The van der Waals surface area contributed by atoms with Gasteiger partial charge in [0, 0.05) is 22.1 Å². The Morgan fingerprint density at radius 1 is 0.972 bits per heavy atom. The number of aromatic hydroxyl groups is 1. The predicted molar refractivity (Wildman–Crippen MR) is 137 cm³/mol. The van der Waals surface area contributed by atoms with Gasteiger partial charge in [-0.1, -0.05) is 37.1 Å². The summed E-state index contributed by atoms with van der Waals surface area (Å²) in [5.41, 5.74) is 1.29. The fourth-order valence-electron chi connectivity index (χ4n) is 5.75. The minimum atomic E-state index is -0.688. The van der Waals surface area contributed by atoms with Crippen LogP contribution >= 0.6 is 11.8 Å². The monoisotopic (exact) mass is 503 g/mol. The Labute approximate surface area is 211 Å². The second kappa shape index (κ2) is 8.48. The molecule has 2 aliphatic rings. The van der Waals surface area contributed by atoms with E-state index in [9.17, 15) is 14.7 Å². The molecular formula is C28H25NO6S. The van der Waals surface area contributed by atoms with Crippen LogP contribution in [0.2, 0.25) is 0 Å². The Morgan fingerprint density at radius 3 is 2.47 bits per heavy atom. The zero-order chi connectivity index (χ0) is 25.0. The van der Waals surface area contributed by atoms with Gasteiger partial charge < -0.3 is 19.0 Å². The van der Waals surface area contributed by atoms with E-state index in [1.807, 2.05) is 18.2 Å². The molecule has 3 heterocycles. The lowest BCUT2D eigenvalue weighted by Crippen LogP contribution is -2.31. The van der Waals surface area contributed by atoms with Crippen LogP contribution in [0.1, 0.15) is 43.4 Å². The molecule has 1 aliphatic carbocycles. The van der Waals surface area contributed by atoms with Crippen LogP contribution in [0.3, 0.4) is 0 Å². The molecule has 1 aliphatic heterocycles. The highest BCUT2D eigenvalue weighted by Crippen LogP contribution is 2.52. The highest BCUT2D eigenvalue weighted by Gasteiger charge is 2.46. The van der Waals surface area contributed by atoms with E-state index in [0.717, 1.165) is 66.6 Å². The molecule has 1 spiro atoms. The smallest absolute Gasteiger partial charge is 0.354 e. The summed E-state index contributed by atoms with van der Waals surface area (Å²) in [5.74, 6) is 0.983. The third-order valence-corrected chi connectivity index (χ3v) is 8.48. The Morgan fingerprint density at radius 2 is 1.72 bits per heavy atom. The molecule has 184 valence electrons. The molecule has 2 aromatic heterocycles. The lowest BCUT2D eigenvalue weighted by Gasteiger charge is -2.34. The van der Waals surface area contributed by atoms with E-state index in [1.54, 1.807) is 49.1 Å². The van der Waals surface area contributed by atoms with Crippen LogP contribution in [0.5, 0.6) is 17.2 Å². The van der Waals surface area contributed by atoms with Gasteiger partial charge in [0.25, 0.3) is 5.56 Å². The van der Waals surface area contributed by atoms with E-state index in [1.165, 1.54) is 0 Å². The Kier molecular flexibility index (Phi) is 5.37. The van der Waals surface area contributed by atoms with Crippen molar-refractivity contribution in [3.8, 4) is 22.9 Å². The number of methoxy groups -OCH3 is 2. The molecular weight excluding hydrogens is 478 g/mol. The number of aromatic nitrogens is 1. The molecule has 36 heavy (non-hydrogen) atoms. The standard InChI is InChI=1S/C28H25NO6S/c1-33-16-7-6-8-18(13-16)36-25-24(30)23-21(35-27(25)32)15-22-28(11-4-3-5-12-28)19-14-17(34-2)9-10-20(19)29(22)26(23)31/h6-10,13-15,30H,3-5,11-12H2,1-2H3. The molecule has 0 unspecified atom stereocenters. The number of benzene rings is 2. The molecule has 0 saturated heterocycles. The maximum absolute atomic E-state index is 14.0. The molecule has 7 nitrogen and oxygen atoms in total. The molecule has 0 amide bonds. The lowest BCUT2D eigenvalue weighted by molar-refractivity contribution is 0.344. The summed E-state index contributed by atoms with van der Waals surface area (Å²) in [6.07, 6.45) is 4.98. The first-order valence-corrected chi connectivity index (χ1v) is 12.8. The van der Waals surface area contributed by atoms with Crippen molar-refractivity contribution < 1.29 is 19.0 Å². The Bertz CT molecular complexity index is 1630. The van der Waals surface area contributed by atoms with E-state index in [-0.39, 0.29) is 27.0 Å². The van der Waals surface area contributed by atoms with Crippen molar-refractivity contribution in [2.75, 3.05) is 14.2 Å². The summed E-state index contributed by atoms with van der Waals surface area (Å²) in [6, 6.07) is 14.6. The molecule has 6 rings (SSSR count). The highest BCUT2D eigenvalue weighted by molar-refractivity contribution is 7.99. The van der Waals surface area contributed by atoms with Crippen molar-refractivity contribution in [1.82, 2.24) is 4.57 Å². The van der Waals surface area contributed by atoms with Gasteiger partial charge in [0.1, 0.15) is 27.4 Å². The second-order valence-electron chi connectivity index (χ2n) is 9.28. The maximum Gasteiger partial charge on any atom is 0.354 e. The van der Waals surface area contributed by atoms with Crippen LogP contribution in [0.4, 0.5) is 0 Å². The Balaban J connectivity index is 1.60. The van der Waals surface area contributed by atoms with Crippen molar-refractivity contribution in [3.63, 3.8) is 0 Å². The van der Waals surface area contributed by atoms with Crippen LogP contribution in [0.15, 0.2) is 72.3 Å². The first kappa shape index (κ1) is 22.8. The molecule has 0 atom stereocenters. The Hall–Kier alpha value is -3.65. The van der Waals surface area contributed by atoms with Crippen molar-refractivity contribution in [1.29, 1.82) is 0 Å². The minimum absolute atomic E-state index is 0.00151. The molecule has 0 radical (unpaired) electrons. The largest absolute Gasteiger partial charge is 0.505 e. The third kappa shape index (κ3) is 3.27. The second-order valence-corrected chi connectivity index (χ2v) is 10.4.